The van der Waals surface area contributed by atoms with Gasteiger partial charge >= 0.3 is 0 Å². The van der Waals surface area contributed by atoms with Gasteiger partial charge < -0.3 is 10.2 Å². The molecule has 1 N–H and O–H groups in total. The van der Waals surface area contributed by atoms with Crippen molar-refractivity contribution in [2.24, 2.45) is 0 Å². The number of piperazine rings is 1. The van der Waals surface area contributed by atoms with E-state index >= 15 is 0 Å². The van der Waals surface area contributed by atoms with Crippen LogP contribution in [0.5, 0.6) is 0 Å². The third-order valence-corrected chi connectivity index (χ3v) is 7.78. The average molecular weight is 458 g/mol. The quantitative estimate of drug-likeness (QED) is 0.659. The molecule has 1 aliphatic heterocycles. The largest absolute Gasteiger partial charge is 0.350 e. The Kier molecular flexibility index (Phi) is 7.36. The van der Waals surface area contributed by atoms with Crippen LogP contribution in [0.3, 0.4) is 0 Å². The number of carbonyl (C=O) groups excluding carboxylic acids is 2. The smallest absolute Gasteiger partial charge is 0.247 e. The molecule has 2 amide bonds. The Labute approximate surface area is 190 Å². The fourth-order valence-corrected chi connectivity index (χ4v) is 4.98. The van der Waals surface area contributed by atoms with Crippen molar-refractivity contribution in [1.29, 1.82) is 0 Å². The molecule has 2 aromatic carbocycles. The summed E-state index contributed by atoms with van der Waals surface area (Å²) in [6, 6.07) is 17.4. The minimum absolute atomic E-state index is 0.0808. The van der Waals surface area contributed by atoms with Gasteiger partial charge in [-0.2, -0.15) is 4.31 Å². The van der Waals surface area contributed by atoms with Crippen molar-refractivity contribution in [2.45, 2.75) is 45.8 Å². The SMILES string of the molecule is CCc1ccc(CN2C(=O)CN(S(=O)(=O)CC)C[C@]2(C)C(=O)NCc2ccccc2)cc1. The summed E-state index contributed by atoms with van der Waals surface area (Å²) in [4.78, 5) is 28.0. The summed E-state index contributed by atoms with van der Waals surface area (Å²) in [5, 5.41) is 2.90. The molecule has 1 atom stereocenters. The summed E-state index contributed by atoms with van der Waals surface area (Å²) >= 11 is 0. The lowest BCUT2D eigenvalue weighted by Gasteiger charge is -2.46. The van der Waals surface area contributed by atoms with Crippen molar-refractivity contribution in [1.82, 2.24) is 14.5 Å². The van der Waals surface area contributed by atoms with Crippen molar-refractivity contribution in [3.05, 3.63) is 71.3 Å². The highest BCUT2D eigenvalue weighted by molar-refractivity contribution is 7.89. The highest BCUT2D eigenvalue weighted by Crippen LogP contribution is 2.27. The second-order valence-electron chi connectivity index (χ2n) is 8.26. The first-order valence-electron chi connectivity index (χ1n) is 10.9. The van der Waals surface area contributed by atoms with Crippen LogP contribution in [0.15, 0.2) is 54.6 Å². The van der Waals surface area contributed by atoms with Crippen molar-refractivity contribution in [2.75, 3.05) is 18.8 Å². The molecule has 7 nitrogen and oxygen atoms in total. The Morgan fingerprint density at radius 3 is 2.22 bits per heavy atom. The second kappa shape index (κ2) is 9.83. The van der Waals surface area contributed by atoms with E-state index in [2.05, 4.69) is 12.2 Å². The summed E-state index contributed by atoms with van der Waals surface area (Å²) in [6.45, 7) is 5.44. The van der Waals surface area contributed by atoms with E-state index in [1.54, 1.807) is 6.92 Å². The van der Waals surface area contributed by atoms with Crippen LogP contribution in [0.25, 0.3) is 0 Å². The molecular weight excluding hydrogens is 426 g/mol. The molecule has 0 aromatic heterocycles. The van der Waals surface area contributed by atoms with Gasteiger partial charge in [-0.25, -0.2) is 8.42 Å². The molecule has 1 aliphatic rings. The number of aryl methyl sites for hydroxylation is 1. The Hall–Kier alpha value is -2.71. The second-order valence-corrected chi connectivity index (χ2v) is 10.5. The first-order chi connectivity index (χ1) is 15.2. The summed E-state index contributed by atoms with van der Waals surface area (Å²) in [5.41, 5.74) is 1.66. The van der Waals surface area contributed by atoms with E-state index in [1.807, 2.05) is 54.6 Å². The molecule has 1 fully saturated rings. The Balaban J connectivity index is 1.89. The van der Waals surface area contributed by atoms with Gasteiger partial charge in [-0.1, -0.05) is 61.5 Å². The van der Waals surface area contributed by atoms with E-state index in [1.165, 1.54) is 17.4 Å². The molecule has 0 radical (unpaired) electrons. The zero-order valence-electron chi connectivity index (χ0n) is 18.9. The van der Waals surface area contributed by atoms with Gasteiger partial charge in [-0.15, -0.1) is 0 Å². The number of nitrogens with one attached hydrogen (secondary N) is 1. The summed E-state index contributed by atoms with van der Waals surface area (Å²) in [6.07, 6.45) is 0.909. The lowest BCUT2D eigenvalue weighted by Crippen LogP contribution is -2.69. The maximum atomic E-state index is 13.4. The van der Waals surface area contributed by atoms with Crippen molar-refractivity contribution >= 4 is 21.8 Å². The zero-order chi connectivity index (χ0) is 23.4. The molecule has 32 heavy (non-hydrogen) atoms. The molecule has 0 aliphatic carbocycles. The van der Waals surface area contributed by atoms with Gasteiger partial charge in [0.1, 0.15) is 5.54 Å². The molecule has 2 aromatic rings. The number of hydrogen-bond acceptors (Lipinski definition) is 4. The molecule has 1 heterocycles. The minimum atomic E-state index is -3.63. The van der Waals surface area contributed by atoms with E-state index in [4.69, 9.17) is 0 Å². The van der Waals surface area contributed by atoms with Crippen molar-refractivity contribution in [3.63, 3.8) is 0 Å². The number of hydrogen-bond donors (Lipinski definition) is 1. The van der Waals surface area contributed by atoms with E-state index in [9.17, 15) is 18.0 Å². The van der Waals surface area contributed by atoms with Crippen LogP contribution in [0.4, 0.5) is 0 Å². The van der Waals surface area contributed by atoms with Gasteiger partial charge in [0.2, 0.25) is 21.8 Å². The number of rotatable bonds is 8. The van der Waals surface area contributed by atoms with E-state index in [0.717, 1.165) is 21.9 Å². The molecular formula is C24H31N3O4S. The van der Waals surface area contributed by atoms with Crippen molar-refractivity contribution in [3.8, 4) is 0 Å². The normalized spacial score (nSPS) is 19.7. The number of benzene rings is 2. The van der Waals surface area contributed by atoms with Crippen LogP contribution < -0.4 is 5.32 Å². The molecule has 3 rings (SSSR count). The van der Waals surface area contributed by atoms with Gasteiger partial charge in [-0.05, 0) is 37.0 Å². The third kappa shape index (κ3) is 5.19. The summed E-state index contributed by atoms with van der Waals surface area (Å²) in [7, 11) is -3.63. The van der Waals surface area contributed by atoms with Crippen LogP contribution in [0, 0.1) is 0 Å². The number of nitrogens with zero attached hydrogens (tertiary/aromatic N) is 2. The minimum Gasteiger partial charge on any atom is -0.350 e. The average Bonchev–Trinajstić information content (AvgIpc) is 2.80. The van der Waals surface area contributed by atoms with Crippen molar-refractivity contribution < 1.29 is 18.0 Å². The maximum Gasteiger partial charge on any atom is 0.247 e. The third-order valence-electron chi connectivity index (χ3n) is 6.01. The van der Waals surface area contributed by atoms with Gasteiger partial charge in [0, 0.05) is 19.6 Å². The lowest BCUT2D eigenvalue weighted by molar-refractivity contribution is -0.153. The molecule has 172 valence electrons. The Bertz CT molecular complexity index is 1050. The van der Waals surface area contributed by atoms with E-state index < -0.39 is 15.6 Å². The van der Waals surface area contributed by atoms with E-state index in [0.29, 0.717) is 6.54 Å². The molecule has 0 unspecified atom stereocenters. The number of carbonyl (C=O) groups is 2. The predicted octanol–water partition coefficient (Wildman–Crippen LogP) is 2.32. The highest BCUT2D eigenvalue weighted by atomic mass is 32.2. The maximum absolute atomic E-state index is 13.4. The monoisotopic (exact) mass is 457 g/mol. The topological polar surface area (TPSA) is 86.8 Å². The van der Waals surface area contributed by atoms with Gasteiger partial charge in [0.15, 0.2) is 0 Å². The molecule has 8 heteroatoms. The first kappa shape index (κ1) is 23.9. The van der Waals surface area contributed by atoms with Crippen LogP contribution >= 0.6 is 0 Å². The predicted molar refractivity (Wildman–Crippen MR) is 124 cm³/mol. The van der Waals surface area contributed by atoms with Gasteiger partial charge in [0.05, 0.1) is 12.3 Å². The summed E-state index contributed by atoms with van der Waals surface area (Å²) in [5.74, 6) is -0.887. The van der Waals surface area contributed by atoms with Crippen LogP contribution in [-0.4, -0.2) is 53.8 Å². The fourth-order valence-electron chi connectivity index (χ4n) is 3.86. The highest BCUT2D eigenvalue weighted by Gasteiger charge is 2.49. The van der Waals surface area contributed by atoms with Crippen LogP contribution in [-0.2, 0) is 39.1 Å². The number of amides is 2. The Morgan fingerprint density at radius 1 is 1.00 bits per heavy atom. The molecule has 1 saturated heterocycles. The van der Waals surface area contributed by atoms with Crippen LogP contribution in [0.2, 0.25) is 0 Å². The van der Waals surface area contributed by atoms with E-state index in [-0.39, 0.29) is 37.2 Å². The zero-order valence-corrected chi connectivity index (χ0v) is 19.7. The lowest BCUT2D eigenvalue weighted by atomic mass is 9.94. The molecule has 0 spiro atoms. The first-order valence-corrected chi connectivity index (χ1v) is 12.5. The van der Waals surface area contributed by atoms with Gasteiger partial charge in [0.25, 0.3) is 0 Å². The fraction of sp³-hybridized carbons (Fsp3) is 0.417. The summed E-state index contributed by atoms with van der Waals surface area (Å²) < 4.78 is 26.2. The number of sulfonamides is 1. The standard InChI is InChI=1S/C24H31N3O4S/c1-4-19-11-13-21(14-12-19)16-27-22(28)17-26(32(30,31)5-2)18-24(27,3)23(29)25-15-20-9-7-6-8-10-20/h6-14H,4-5,15-18H2,1-3H3,(H,25,29)/t24-/m1/s1. The molecule has 0 saturated carbocycles. The van der Waals surface area contributed by atoms with Gasteiger partial charge in [-0.3, -0.25) is 9.59 Å². The molecule has 0 bridgehead atoms. The van der Waals surface area contributed by atoms with Crippen LogP contribution in [0.1, 0.15) is 37.5 Å². The Morgan fingerprint density at radius 2 is 1.62 bits per heavy atom.